The Balaban J connectivity index is 0.00000722. The third kappa shape index (κ3) is 13.0. The van der Waals surface area contributed by atoms with Crippen LogP contribution in [-0.2, 0) is 27.2 Å². The molecule has 16 heteroatoms. The van der Waals surface area contributed by atoms with Gasteiger partial charge in [-0.25, -0.2) is 13.9 Å². The van der Waals surface area contributed by atoms with Crippen molar-refractivity contribution in [3.8, 4) is 0 Å². The summed E-state index contributed by atoms with van der Waals surface area (Å²) in [5.74, 6) is 0. The Morgan fingerprint density at radius 3 is 2.16 bits per heavy atom. The molecule has 0 spiro atoms. The van der Waals surface area contributed by atoms with Gasteiger partial charge in [-0.15, -0.1) is 0 Å². The molecule has 1 saturated heterocycles. The summed E-state index contributed by atoms with van der Waals surface area (Å²) in [6.45, 7) is 2.89. The van der Waals surface area contributed by atoms with Crippen molar-refractivity contribution in [1.82, 2.24) is 9.55 Å². The molecule has 5 unspecified atom stereocenters. The summed E-state index contributed by atoms with van der Waals surface area (Å²) >= 11 is 0. The molecule has 0 saturated carbocycles. The molecule has 38 heavy (non-hydrogen) atoms. The van der Waals surface area contributed by atoms with E-state index in [0.29, 0.717) is 6.42 Å². The van der Waals surface area contributed by atoms with E-state index >= 15 is 0 Å². The first-order chi connectivity index (χ1) is 17.4. The SMILES string of the molecule is CCCCCCCCCCCCOP(=O)(O)OP(=O)(O)OCC1OC(n2cc(C)c(=O)[nH]c2=O)CC1O.[Na+]. The van der Waals surface area contributed by atoms with Crippen molar-refractivity contribution in [1.29, 1.82) is 0 Å². The predicted molar refractivity (Wildman–Crippen MR) is 135 cm³/mol. The van der Waals surface area contributed by atoms with Gasteiger partial charge >= 0.3 is 50.9 Å². The molecule has 5 atom stereocenters. The van der Waals surface area contributed by atoms with Gasteiger partial charge in [-0.3, -0.25) is 23.4 Å². The predicted octanol–water partition coefficient (Wildman–Crippen LogP) is 0.669. The Labute approximate surface area is 244 Å². The fraction of sp³-hybridized carbons (Fsp3) is 0.818. The van der Waals surface area contributed by atoms with E-state index in [0.717, 1.165) is 30.3 Å². The molecule has 2 rings (SSSR count). The van der Waals surface area contributed by atoms with E-state index in [1.54, 1.807) is 0 Å². The fourth-order valence-electron chi connectivity index (χ4n) is 3.95. The molecule has 1 aromatic heterocycles. The maximum absolute atomic E-state index is 12.1. The van der Waals surface area contributed by atoms with Crippen LogP contribution in [0.25, 0.3) is 0 Å². The minimum Gasteiger partial charge on any atom is -0.390 e. The third-order valence-electron chi connectivity index (χ3n) is 6.02. The van der Waals surface area contributed by atoms with Crippen molar-refractivity contribution in [2.75, 3.05) is 13.2 Å². The smallest absolute Gasteiger partial charge is 0.390 e. The van der Waals surface area contributed by atoms with Crippen LogP contribution < -0.4 is 40.8 Å². The summed E-state index contributed by atoms with van der Waals surface area (Å²) < 4.78 is 44.6. The van der Waals surface area contributed by atoms with Crippen LogP contribution in [-0.4, -0.2) is 49.9 Å². The monoisotopic (exact) mass is 593 g/mol. The van der Waals surface area contributed by atoms with Crippen LogP contribution in [0.1, 0.15) is 89.3 Å². The Kier molecular flexibility index (Phi) is 16.6. The fourth-order valence-corrected chi connectivity index (χ4v) is 6.07. The maximum atomic E-state index is 12.1. The molecular weight excluding hydrogens is 553 g/mol. The normalized spacial score (nSPS) is 22.5. The van der Waals surface area contributed by atoms with Crippen molar-refractivity contribution in [3.05, 3.63) is 32.6 Å². The molecule has 0 aliphatic carbocycles. The van der Waals surface area contributed by atoms with Crippen molar-refractivity contribution in [3.63, 3.8) is 0 Å². The largest absolute Gasteiger partial charge is 1.00 e. The number of aliphatic hydroxyl groups is 1. The topological polar surface area (TPSA) is 187 Å². The number of H-pyrrole nitrogens is 1. The van der Waals surface area contributed by atoms with E-state index in [9.17, 15) is 33.6 Å². The minimum absolute atomic E-state index is 0. The van der Waals surface area contributed by atoms with E-state index < -0.39 is 51.9 Å². The number of hydrogen-bond acceptors (Lipinski definition) is 9. The summed E-state index contributed by atoms with van der Waals surface area (Å²) in [5.41, 5.74) is -1.05. The molecular formula is C22H40N2NaO11P2+. The van der Waals surface area contributed by atoms with Gasteiger partial charge in [0.1, 0.15) is 12.3 Å². The number of phosphoric ester groups is 2. The summed E-state index contributed by atoms with van der Waals surface area (Å²) in [6.07, 6.45) is 8.61. The van der Waals surface area contributed by atoms with Crippen molar-refractivity contribution in [2.45, 2.75) is 103 Å². The molecule has 13 nitrogen and oxygen atoms in total. The number of phosphoric acid groups is 2. The molecule has 0 bridgehead atoms. The summed E-state index contributed by atoms with van der Waals surface area (Å²) in [4.78, 5) is 45.3. The number of rotatable bonds is 18. The Hall–Kier alpha value is -0.140. The Morgan fingerprint density at radius 1 is 1.00 bits per heavy atom. The van der Waals surface area contributed by atoms with Crippen LogP contribution in [0.4, 0.5) is 0 Å². The minimum atomic E-state index is -5.04. The van der Waals surface area contributed by atoms with E-state index in [1.165, 1.54) is 45.2 Å². The molecule has 1 aliphatic heterocycles. The molecule has 0 radical (unpaired) electrons. The van der Waals surface area contributed by atoms with Crippen molar-refractivity contribution >= 4 is 15.6 Å². The van der Waals surface area contributed by atoms with E-state index in [-0.39, 0.29) is 48.1 Å². The number of hydrogen-bond donors (Lipinski definition) is 4. The molecule has 0 aromatic carbocycles. The summed E-state index contributed by atoms with van der Waals surface area (Å²) in [5, 5.41) is 10.2. The molecule has 2 heterocycles. The van der Waals surface area contributed by atoms with E-state index in [4.69, 9.17) is 13.8 Å². The first-order valence-electron chi connectivity index (χ1n) is 12.8. The van der Waals surface area contributed by atoms with E-state index in [1.807, 2.05) is 0 Å². The second kappa shape index (κ2) is 17.6. The van der Waals surface area contributed by atoms with Crippen LogP contribution in [0.15, 0.2) is 15.8 Å². The quantitative estimate of drug-likeness (QED) is 0.106. The van der Waals surface area contributed by atoms with Crippen LogP contribution in [0, 0.1) is 6.92 Å². The van der Waals surface area contributed by atoms with Gasteiger partial charge in [0.2, 0.25) is 0 Å². The van der Waals surface area contributed by atoms with Crippen LogP contribution in [0.3, 0.4) is 0 Å². The van der Waals surface area contributed by atoms with Crippen molar-refractivity contribution in [2.24, 2.45) is 0 Å². The second-order valence-corrected chi connectivity index (χ2v) is 12.3. The van der Waals surface area contributed by atoms with Gasteiger partial charge in [0.05, 0.1) is 19.3 Å². The first-order valence-corrected chi connectivity index (χ1v) is 15.7. The van der Waals surface area contributed by atoms with Gasteiger partial charge in [0.15, 0.2) is 0 Å². The molecule has 1 aromatic rings. The van der Waals surface area contributed by atoms with Crippen LogP contribution in [0.5, 0.6) is 0 Å². The molecule has 214 valence electrons. The standard InChI is InChI=1S/C22H40N2O11P2.Na/c1-3-4-5-6-7-8-9-10-11-12-13-32-36(28,29)35-37(30,31)33-16-19-18(25)14-20(34-19)24-15-17(2)21(26)23-22(24)27;/h15,18-20,25H,3-14,16H2,1-2H3,(H,28,29)(H,30,31)(H,23,26,27);/q;+1. The van der Waals surface area contributed by atoms with Gasteiger partial charge in [0.25, 0.3) is 5.56 Å². The average Bonchev–Trinajstić information content (AvgIpc) is 3.18. The zero-order chi connectivity index (χ0) is 27.5. The summed E-state index contributed by atoms with van der Waals surface area (Å²) in [6, 6.07) is 0. The number of nitrogens with one attached hydrogen (secondary N) is 1. The third-order valence-corrected chi connectivity index (χ3v) is 8.66. The van der Waals surface area contributed by atoms with Crippen LogP contribution >= 0.6 is 15.6 Å². The molecule has 1 aliphatic rings. The number of aryl methyl sites for hydroxylation is 1. The molecule has 4 N–H and O–H groups in total. The molecule has 1 fully saturated rings. The number of aliphatic hydroxyl groups excluding tert-OH is 1. The Bertz CT molecular complexity index is 1050. The second-order valence-electron chi connectivity index (χ2n) is 9.24. The zero-order valence-electron chi connectivity index (χ0n) is 22.5. The first kappa shape index (κ1) is 35.9. The van der Waals surface area contributed by atoms with Crippen LogP contribution in [0.2, 0.25) is 0 Å². The average molecular weight is 594 g/mol. The zero-order valence-corrected chi connectivity index (χ0v) is 26.2. The number of unbranched alkanes of at least 4 members (excludes halogenated alkanes) is 9. The van der Waals surface area contributed by atoms with Gasteiger partial charge in [0, 0.05) is 18.2 Å². The Morgan fingerprint density at radius 2 is 1.55 bits per heavy atom. The van der Waals surface area contributed by atoms with Gasteiger partial charge in [-0.2, -0.15) is 4.31 Å². The number of aromatic amines is 1. The number of ether oxygens (including phenoxy) is 1. The van der Waals surface area contributed by atoms with Gasteiger partial charge in [-0.05, 0) is 13.3 Å². The van der Waals surface area contributed by atoms with Gasteiger partial charge < -0.3 is 19.6 Å². The van der Waals surface area contributed by atoms with Crippen molar-refractivity contribution < 1.29 is 71.7 Å². The number of aromatic nitrogens is 2. The number of nitrogens with zero attached hydrogens (tertiary/aromatic N) is 1. The maximum Gasteiger partial charge on any atom is 1.00 e. The summed E-state index contributed by atoms with van der Waals surface area (Å²) in [7, 11) is -9.90. The molecule has 0 amide bonds. The van der Waals surface area contributed by atoms with Gasteiger partial charge in [-0.1, -0.05) is 64.7 Å². The van der Waals surface area contributed by atoms with E-state index in [2.05, 4.69) is 16.2 Å².